The zero-order valence-electron chi connectivity index (χ0n) is 26.6. The Labute approximate surface area is 260 Å². The summed E-state index contributed by atoms with van der Waals surface area (Å²) < 4.78 is 7.52. The second kappa shape index (κ2) is 13.0. The molecule has 4 aromatic rings. The highest BCUT2D eigenvalue weighted by atomic mass is 28.4. The van der Waals surface area contributed by atoms with E-state index in [1.165, 1.54) is 10.4 Å². The first-order valence-corrected chi connectivity index (χ1v) is 19.2. The maximum atomic E-state index is 13.8. The van der Waals surface area contributed by atoms with E-state index >= 15 is 0 Å². The topological polar surface area (TPSA) is 46.5 Å². The molecule has 0 fully saturated rings. The van der Waals surface area contributed by atoms with Crippen LogP contribution in [-0.2, 0) is 9.22 Å². The van der Waals surface area contributed by atoms with E-state index in [1.807, 2.05) is 61.5 Å². The summed E-state index contributed by atoms with van der Waals surface area (Å²) >= 11 is 0. The fraction of sp³-hybridized carbons (Fsp3) is 0.289. The third-order valence-corrected chi connectivity index (χ3v) is 20.2. The number of rotatable bonds is 10. The monoisotopic (exact) mass is 606 g/mol. The highest BCUT2D eigenvalue weighted by Crippen LogP contribution is 2.48. The molecule has 224 valence electrons. The Bertz CT molecular complexity index is 1410. The van der Waals surface area contributed by atoms with Crippen molar-refractivity contribution in [3.63, 3.8) is 0 Å². The number of carboxylic acid groups (broad SMARTS) is 1. The SMILES string of the molecule is C/C=C/[C@H]([C@H](O[Si](c1ccccc1)(c1ccccc1)C(C)(C)C)C(=O)O)[Si](c1ccccc1)(c1ccccc1)C(C)(C)C. The molecule has 0 aliphatic carbocycles. The minimum absolute atomic E-state index is 0.262. The summed E-state index contributed by atoms with van der Waals surface area (Å²) in [5, 5.41) is 15.2. The molecular formula is C38H46O3Si2. The first-order chi connectivity index (χ1) is 20.4. The van der Waals surface area contributed by atoms with Crippen molar-refractivity contribution >= 4 is 43.1 Å². The maximum absolute atomic E-state index is 13.8. The van der Waals surface area contributed by atoms with Gasteiger partial charge in [-0.05, 0) is 27.4 Å². The van der Waals surface area contributed by atoms with E-state index in [9.17, 15) is 9.90 Å². The van der Waals surface area contributed by atoms with Gasteiger partial charge in [0.2, 0.25) is 0 Å². The minimum Gasteiger partial charge on any atom is -0.479 e. The van der Waals surface area contributed by atoms with Crippen molar-refractivity contribution < 1.29 is 14.3 Å². The van der Waals surface area contributed by atoms with Gasteiger partial charge in [0.15, 0.2) is 0 Å². The Morgan fingerprint density at radius 1 is 0.628 bits per heavy atom. The molecule has 4 aromatic carbocycles. The molecule has 0 saturated heterocycles. The quantitative estimate of drug-likeness (QED) is 0.156. The molecule has 0 saturated carbocycles. The molecule has 0 bridgehead atoms. The Hall–Kier alpha value is -3.52. The number of hydrogen-bond acceptors (Lipinski definition) is 2. The van der Waals surface area contributed by atoms with Crippen LogP contribution >= 0.6 is 0 Å². The summed E-state index contributed by atoms with van der Waals surface area (Å²) in [7, 11) is -6.16. The summed E-state index contributed by atoms with van der Waals surface area (Å²) in [6.45, 7) is 15.4. The Morgan fingerprint density at radius 2 is 0.977 bits per heavy atom. The van der Waals surface area contributed by atoms with Gasteiger partial charge in [-0.25, -0.2) is 4.79 Å². The zero-order valence-corrected chi connectivity index (χ0v) is 28.6. The predicted octanol–water partition coefficient (Wildman–Crippen LogP) is 7.03. The van der Waals surface area contributed by atoms with Gasteiger partial charge in [-0.2, -0.15) is 0 Å². The third-order valence-electron chi connectivity index (χ3n) is 8.83. The van der Waals surface area contributed by atoms with E-state index in [2.05, 4.69) is 120 Å². The fourth-order valence-electron chi connectivity index (χ4n) is 7.16. The van der Waals surface area contributed by atoms with Gasteiger partial charge in [0.25, 0.3) is 8.32 Å². The Kier molecular flexibility index (Phi) is 9.80. The van der Waals surface area contributed by atoms with Crippen molar-refractivity contribution in [2.24, 2.45) is 0 Å². The van der Waals surface area contributed by atoms with Crippen molar-refractivity contribution in [3.8, 4) is 0 Å². The summed E-state index contributed by atoms with van der Waals surface area (Å²) in [5.74, 6) is -0.927. The van der Waals surface area contributed by atoms with Gasteiger partial charge in [-0.3, -0.25) is 0 Å². The number of aliphatic carboxylic acids is 1. The smallest absolute Gasteiger partial charge is 0.331 e. The fourth-order valence-corrected chi connectivity index (χ4v) is 18.4. The molecule has 0 aliphatic rings. The highest BCUT2D eigenvalue weighted by molar-refractivity contribution is 7.06. The first-order valence-electron chi connectivity index (χ1n) is 15.2. The molecule has 0 unspecified atom stereocenters. The zero-order chi connectivity index (χ0) is 31.3. The van der Waals surface area contributed by atoms with E-state index in [0.717, 1.165) is 10.4 Å². The van der Waals surface area contributed by atoms with Crippen molar-refractivity contribution in [3.05, 3.63) is 133 Å². The van der Waals surface area contributed by atoms with Gasteiger partial charge < -0.3 is 9.53 Å². The second-order valence-electron chi connectivity index (χ2n) is 13.4. The van der Waals surface area contributed by atoms with Crippen LogP contribution in [-0.4, -0.2) is 33.6 Å². The van der Waals surface area contributed by atoms with Gasteiger partial charge >= 0.3 is 5.97 Å². The number of carboxylic acids is 1. The molecule has 0 heterocycles. The molecular weight excluding hydrogens is 561 g/mol. The molecule has 3 nitrogen and oxygen atoms in total. The number of benzene rings is 4. The van der Waals surface area contributed by atoms with Gasteiger partial charge in [0, 0.05) is 5.54 Å². The van der Waals surface area contributed by atoms with Gasteiger partial charge in [0.05, 0.1) is 0 Å². The first kappa shape index (κ1) is 32.4. The molecule has 0 radical (unpaired) electrons. The van der Waals surface area contributed by atoms with Gasteiger partial charge in [-0.15, -0.1) is 0 Å². The number of allylic oxidation sites excluding steroid dienone is 1. The largest absolute Gasteiger partial charge is 0.479 e. The van der Waals surface area contributed by atoms with Crippen molar-refractivity contribution in [1.82, 2.24) is 0 Å². The van der Waals surface area contributed by atoms with E-state index in [4.69, 9.17) is 4.43 Å². The average molecular weight is 607 g/mol. The molecule has 4 rings (SSSR count). The van der Waals surface area contributed by atoms with Crippen LogP contribution in [0.15, 0.2) is 133 Å². The van der Waals surface area contributed by atoms with Crippen molar-refractivity contribution in [2.45, 2.75) is 70.2 Å². The number of carbonyl (C=O) groups is 1. The van der Waals surface area contributed by atoms with Crippen LogP contribution in [0.4, 0.5) is 0 Å². The van der Waals surface area contributed by atoms with Gasteiger partial charge in [-0.1, -0.05) is 185 Å². The molecule has 0 amide bonds. The summed E-state index contributed by atoms with van der Waals surface area (Å²) in [6.07, 6.45) is 3.07. The van der Waals surface area contributed by atoms with Crippen LogP contribution in [0, 0.1) is 0 Å². The summed E-state index contributed by atoms with van der Waals surface area (Å²) in [6, 6.07) is 41.8. The van der Waals surface area contributed by atoms with Crippen LogP contribution in [0.3, 0.4) is 0 Å². The lowest BCUT2D eigenvalue weighted by molar-refractivity contribution is -0.145. The summed E-state index contributed by atoms with van der Waals surface area (Å²) in [5.41, 5.74) is -0.401. The third kappa shape index (κ3) is 5.99. The summed E-state index contributed by atoms with van der Waals surface area (Å²) in [4.78, 5) is 13.8. The van der Waals surface area contributed by atoms with Crippen LogP contribution in [0.5, 0.6) is 0 Å². The van der Waals surface area contributed by atoms with E-state index < -0.39 is 34.0 Å². The molecule has 2 atom stereocenters. The maximum Gasteiger partial charge on any atom is 0.331 e. The normalized spacial score (nSPS) is 14.4. The lowest BCUT2D eigenvalue weighted by Crippen LogP contribution is -2.73. The predicted molar refractivity (Wildman–Crippen MR) is 186 cm³/mol. The highest BCUT2D eigenvalue weighted by Gasteiger charge is 2.59. The Morgan fingerprint density at radius 3 is 1.26 bits per heavy atom. The lowest BCUT2D eigenvalue weighted by atomic mass is 10.2. The molecule has 1 N–H and O–H groups in total. The number of hydrogen-bond donors (Lipinski definition) is 1. The Balaban J connectivity index is 2.11. The van der Waals surface area contributed by atoms with E-state index in [0.29, 0.717) is 0 Å². The molecule has 0 spiro atoms. The molecule has 5 heteroatoms. The molecule has 43 heavy (non-hydrogen) atoms. The molecule has 0 aliphatic heterocycles. The van der Waals surface area contributed by atoms with Crippen LogP contribution in [0.25, 0.3) is 0 Å². The van der Waals surface area contributed by atoms with E-state index in [-0.39, 0.29) is 10.1 Å². The second-order valence-corrected chi connectivity index (χ2v) is 22.6. The average Bonchev–Trinajstić information content (AvgIpc) is 2.98. The van der Waals surface area contributed by atoms with Crippen LogP contribution in [0.1, 0.15) is 48.5 Å². The molecule has 0 aromatic heterocycles. The van der Waals surface area contributed by atoms with Crippen LogP contribution in [0.2, 0.25) is 15.6 Å². The van der Waals surface area contributed by atoms with Crippen molar-refractivity contribution in [1.29, 1.82) is 0 Å². The van der Waals surface area contributed by atoms with Gasteiger partial charge in [0.1, 0.15) is 14.2 Å². The van der Waals surface area contributed by atoms with Crippen molar-refractivity contribution in [2.75, 3.05) is 0 Å². The van der Waals surface area contributed by atoms with Crippen LogP contribution < -0.4 is 20.7 Å². The lowest BCUT2D eigenvalue weighted by Gasteiger charge is -2.52. The standard InChI is InChI=1S/C38H46O3Si2/c1-8-21-34(42(37(2,3)4,30-22-13-9-14-23-30)31-24-15-10-16-25-31)35(36(39)40)41-43(38(5,6)7,32-26-17-11-18-27-32)33-28-19-12-20-29-33/h8-29,34-35H,1-7H3,(H,39,40)/b21-8+/t34-,35+/m1/s1. The van der Waals surface area contributed by atoms with E-state index in [1.54, 1.807) is 0 Å². The minimum atomic E-state index is -3.20.